The van der Waals surface area contributed by atoms with Crippen molar-refractivity contribution in [2.45, 2.75) is 46.2 Å². The van der Waals surface area contributed by atoms with Crippen LogP contribution in [0.2, 0.25) is 0 Å². The number of hydrogen-bond donors (Lipinski definition) is 3. The third-order valence-electron chi connectivity index (χ3n) is 5.71. The molecule has 0 aromatic carbocycles. The molecule has 9 heteroatoms. The second kappa shape index (κ2) is 9.07. The van der Waals surface area contributed by atoms with Crippen LogP contribution in [-0.4, -0.2) is 52.2 Å². The van der Waals surface area contributed by atoms with Gasteiger partial charge in [-0.15, -0.1) is 12.4 Å². The van der Waals surface area contributed by atoms with Crippen LogP contribution in [0.1, 0.15) is 51.9 Å². The summed E-state index contributed by atoms with van der Waals surface area (Å²) in [6.45, 7) is 9.05. The molecule has 2 aliphatic rings. The van der Waals surface area contributed by atoms with E-state index in [9.17, 15) is 4.79 Å². The number of halogens is 1. The standard InChI is InChI=1S/C19H28N6O2.ClH/c1-12-13(2)27-17(22-12)11-25-7-4-14(5-8-25)9-21-19(26)18-15-10-20-6-3-16(15)23-24-18;/h14,20H,3-11H2,1-2H3,(H,21,26)(H,23,24);1H. The van der Waals surface area contributed by atoms with Gasteiger partial charge in [0.15, 0.2) is 5.69 Å². The van der Waals surface area contributed by atoms with Crippen LogP contribution < -0.4 is 10.6 Å². The van der Waals surface area contributed by atoms with Gasteiger partial charge >= 0.3 is 0 Å². The van der Waals surface area contributed by atoms with Gasteiger partial charge in [-0.05, 0) is 45.7 Å². The van der Waals surface area contributed by atoms with Crippen LogP contribution in [0.3, 0.4) is 0 Å². The van der Waals surface area contributed by atoms with Crippen molar-refractivity contribution in [2.75, 3.05) is 26.2 Å². The number of fused-ring (bicyclic) bond motifs is 1. The summed E-state index contributed by atoms with van der Waals surface area (Å²) in [5, 5.41) is 13.6. The average Bonchev–Trinajstić information content (AvgIpc) is 3.24. The van der Waals surface area contributed by atoms with Gasteiger partial charge < -0.3 is 15.1 Å². The van der Waals surface area contributed by atoms with E-state index in [1.807, 2.05) is 13.8 Å². The Morgan fingerprint density at radius 1 is 1.32 bits per heavy atom. The van der Waals surface area contributed by atoms with Crippen LogP contribution >= 0.6 is 12.4 Å². The molecule has 0 radical (unpaired) electrons. The summed E-state index contributed by atoms with van der Waals surface area (Å²) in [5.74, 6) is 2.14. The Labute approximate surface area is 171 Å². The van der Waals surface area contributed by atoms with Crippen LogP contribution in [0, 0.1) is 19.8 Å². The van der Waals surface area contributed by atoms with Crippen molar-refractivity contribution in [3.63, 3.8) is 0 Å². The number of aryl methyl sites for hydroxylation is 2. The molecule has 4 heterocycles. The number of likely N-dealkylation sites (tertiary alicyclic amines) is 1. The molecular formula is C19H29ClN6O2. The molecular weight excluding hydrogens is 380 g/mol. The minimum Gasteiger partial charge on any atom is -0.444 e. The maximum Gasteiger partial charge on any atom is 0.272 e. The van der Waals surface area contributed by atoms with Gasteiger partial charge in [0.2, 0.25) is 5.89 Å². The van der Waals surface area contributed by atoms with Crippen molar-refractivity contribution in [1.29, 1.82) is 0 Å². The van der Waals surface area contributed by atoms with Gasteiger partial charge in [0.25, 0.3) is 5.91 Å². The number of aromatic nitrogens is 3. The molecule has 0 spiro atoms. The highest BCUT2D eigenvalue weighted by molar-refractivity contribution is 5.94. The Balaban J connectivity index is 0.00000225. The largest absolute Gasteiger partial charge is 0.444 e. The molecule has 2 aromatic heterocycles. The minimum atomic E-state index is -0.0654. The normalized spacial score (nSPS) is 17.8. The molecule has 154 valence electrons. The molecule has 0 atom stereocenters. The van der Waals surface area contributed by atoms with E-state index in [1.54, 1.807) is 0 Å². The lowest BCUT2D eigenvalue weighted by Gasteiger charge is -2.31. The highest BCUT2D eigenvalue weighted by atomic mass is 35.5. The number of nitrogens with zero attached hydrogens (tertiary/aromatic N) is 3. The van der Waals surface area contributed by atoms with Gasteiger partial charge in [-0.25, -0.2) is 4.98 Å². The van der Waals surface area contributed by atoms with Crippen molar-refractivity contribution in [2.24, 2.45) is 5.92 Å². The molecule has 8 nitrogen and oxygen atoms in total. The summed E-state index contributed by atoms with van der Waals surface area (Å²) < 4.78 is 5.68. The smallest absolute Gasteiger partial charge is 0.272 e. The molecule has 28 heavy (non-hydrogen) atoms. The molecule has 2 aliphatic heterocycles. The van der Waals surface area contributed by atoms with Crippen LogP contribution in [-0.2, 0) is 19.5 Å². The molecule has 4 rings (SSSR count). The van der Waals surface area contributed by atoms with Crippen molar-refractivity contribution in [3.05, 3.63) is 34.3 Å². The zero-order chi connectivity index (χ0) is 18.8. The topological polar surface area (TPSA) is 99.1 Å². The fraction of sp³-hybridized carbons (Fsp3) is 0.632. The van der Waals surface area contributed by atoms with Gasteiger partial charge in [-0.3, -0.25) is 14.8 Å². The molecule has 1 amide bonds. The van der Waals surface area contributed by atoms with Crippen molar-refractivity contribution in [3.8, 4) is 0 Å². The number of nitrogens with one attached hydrogen (secondary N) is 3. The quantitative estimate of drug-likeness (QED) is 0.696. The van der Waals surface area contributed by atoms with E-state index in [1.165, 1.54) is 0 Å². The van der Waals surface area contributed by atoms with E-state index in [0.29, 0.717) is 24.7 Å². The summed E-state index contributed by atoms with van der Waals surface area (Å²) in [4.78, 5) is 19.3. The molecule has 0 bridgehead atoms. The highest BCUT2D eigenvalue weighted by Gasteiger charge is 2.24. The number of piperidine rings is 1. The monoisotopic (exact) mass is 408 g/mol. The number of aromatic amines is 1. The lowest BCUT2D eigenvalue weighted by atomic mass is 9.96. The number of H-pyrrole nitrogens is 1. The van der Waals surface area contributed by atoms with Gasteiger partial charge in [0, 0.05) is 37.3 Å². The first-order valence-corrected chi connectivity index (χ1v) is 9.80. The molecule has 3 N–H and O–H groups in total. The average molecular weight is 409 g/mol. The van der Waals surface area contributed by atoms with Crippen molar-refractivity contribution < 1.29 is 9.21 Å². The third-order valence-corrected chi connectivity index (χ3v) is 5.71. The van der Waals surface area contributed by atoms with Crippen molar-refractivity contribution in [1.82, 2.24) is 30.7 Å². The van der Waals surface area contributed by atoms with E-state index >= 15 is 0 Å². The summed E-state index contributed by atoms with van der Waals surface area (Å²) in [6, 6.07) is 0. The highest BCUT2D eigenvalue weighted by Crippen LogP contribution is 2.20. The van der Waals surface area contributed by atoms with E-state index in [0.717, 1.165) is 74.0 Å². The van der Waals surface area contributed by atoms with E-state index in [4.69, 9.17) is 4.42 Å². The Morgan fingerprint density at radius 2 is 2.11 bits per heavy atom. The Kier molecular flexibility index (Phi) is 6.74. The zero-order valence-corrected chi connectivity index (χ0v) is 17.3. The lowest BCUT2D eigenvalue weighted by molar-refractivity contribution is 0.0927. The zero-order valence-electron chi connectivity index (χ0n) is 16.5. The fourth-order valence-corrected chi connectivity index (χ4v) is 3.88. The first-order chi connectivity index (χ1) is 13.1. The predicted molar refractivity (Wildman–Crippen MR) is 108 cm³/mol. The van der Waals surface area contributed by atoms with E-state index in [-0.39, 0.29) is 18.3 Å². The number of rotatable bonds is 5. The first-order valence-electron chi connectivity index (χ1n) is 9.80. The van der Waals surface area contributed by atoms with Gasteiger partial charge in [-0.1, -0.05) is 0 Å². The van der Waals surface area contributed by atoms with Crippen LogP contribution in [0.5, 0.6) is 0 Å². The molecule has 0 aliphatic carbocycles. The van der Waals surface area contributed by atoms with Crippen LogP contribution in [0.25, 0.3) is 0 Å². The molecule has 0 unspecified atom stereocenters. The van der Waals surface area contributed by atoms with Crippen molar-refractivity contribution >= 4 is 18.3 Å². The molecule has 0 saturated carbocycles. The maximum absolute atomic E-state index is 12.5. The summed E-state index contributed by atoms with van der Waals surface area (Å²) in [7, 11) is 0. The summed E-state index contributed by atoms with van der Waals surface area (Å²) >= 11 is 0. The van der Waals surface area contributed by atoms with E-state index < -0.39 is 0 Å². The fourth-order valence-electron chi connectivity index (χ4n) is 3.88. The predicted octanol–water partition coefficient (Wildman–Crippen LogP) is 1.72. The molecule has 1 saturated heterocycles. The Hall–Kier alpha value is -1.90. The Bertz CT molecular complexity index is 790. The Morgan fingerprint density at radius 3 is 2.82 bits per heavy atom. The van der Waals surface area contributed by atoms with E-state index in [2.05, 4.69) is 30.7 Å². The molecule has 1 fully saturated rings. The second-order valence-corrected chi connectivity index (χ2v) is 7.63. The van der Waals surface area contributed by atoms with Gasteiger partial charge in [0.05, 0.1) is 12.2 Å². The first kappa shape index (κ1) is 20.8. The number of carbonyl (C=O) groups excluding carboxylic acids is 1. The van der Waals surface area contributed by atoms with Gasteiger partial charge in [-0.2, -0.15) is 5.10 Å². The SMILES string of the molecule is Cc1nc(CN2CCC(CNC(=O)c3n[nH]c4c3CNCC4)CC2)oc1C.Cl. The lowest BCUT2D eigenvalue weighted by Crippen LogP contribution is -2.38. The van der Waals surface area contributed by atoms with Gasteiger partial charge in [0.1, 0.15) is 5.76 Å². The maximum atomic E-state index is 12.5. The summed E-state index contributed by atoms with van der Waals surface area (Å²) in [6.07, 6.45) is 3.04. The second-order valence-electron chi connectivity index (χ2n) is 7.63. The van der Waals surface area contributed by atoms with Crippen LogP contribution in [0.15, 0.2) is 4.42 Å². The van der Waals surface area contributed by atoms with Crippen LogP contribution in [0.4, 0.5) is 0 Å². The molecule has 2 aromatic rings. The number of hydrogen-bond acceptors (Lipinski definition) is 6. The minimum absolute atomic E-state index is 0. The number of amides is 1. The number of oxazole rings is 1. The number of carbonyl (C=O) groups is 1. The summed E-state index contributed by atoms with van der Waals surface area (Å²) in [5.41, 5.74) is 3.62. The third kappa shape index (κ3) is 4.56.